The fourth-order valence-corrected chi connectivity index (χ4v) is 4.15. The summed E-state index contributed by atoms with van der Waals surface area (Å²) in [6, 6.07) is 10.1. The number of halogens is 1. The van der Waals surface area contributed by atoms with Crippen LogP contribution in [0.25, 0.3) is 0 Å². The summed E-state index contributed by atoms with van der Waals surface area (Å²) in [5.41, 5.74) is 7.01. The minimum Gasteiger partial charge on any atom is -0.493 e. The quantitative estimate of drug-likeness (QED) is 0.688. The van der Waals surface area contributed by atoms with Crippen molar-refractivity contribution in [1.29, 1.82) is 0 Å². The molecule has 0 spiro atoms. The van der Waals surface area contributed by atoms with Crippen molar-refractivity contribution in [2.75, 3.05) is 13.7 Å². The predicted molar refractivity (Wildman–Crippen MR) is 115 cm³/mol. The molecule has 5 nitrogen and oxygen atoms in total. The van der Waals surface area contributed by atoms with Gasteiger partial charge in [-0.25, -0.2) is 0 Å². The van der Waals surface area contributed by atoms with Gasteiger partial charge in [-0.3, -0.25) is 4.79 Å². The largest absolute Gasteiger partial charge is 0.493 e. The molecule has 2 atom stereocenters. The molecule has 1 heterocycles. The lowest BCUT2D eigenvalue weighted by Gasteiger charge is -2.25. The van der Waals surface area contributed by atoms with Crippen LogP contribution < -0.4 is 15.2 Å². The van der Waals surface area contributed by atoms with Gasteiger partial charge in [-0.1, -0.05) is 12.1 Å². The highest BCUT2D eigenvalue weighted by Gasteiger charge is 2.30. The molecule has 1 saturated carbocycles. The van der Waals surface area contributed by atoms with Gasteiger partial charge in [0.25, 0.3) is 0 Å². The number of amides is 1. The molecule has 28 heavy (non-hydrogen) atoms. The van der Waals surface area contributed by atoms with Gasteiger partial charge in [0.1, 0.15) is 6.61 Å². The monoisotopic (exact) mass is 424 g/mol. The summed E-state index contributed by atoms with van der Waals surface area (Å²) in [6.45, 7) is 3.80. The van der Waals surface area contributed by atoms with Crippen LogP contribution in [0.5, 0.6) is 11.5 Å². The van der Waals surface area contributed by atoms with Gasteiger partial charge < -0.3 is 20.1 Å². The van der Waals surface area contributed by atoms with Crippen molar-refractivity contribution in [1.82, 2.24) is 4.90 Å². The second-order valence-corrected chi connectivity index (χ2v) is 8.01. The van der Waals surface area contributed by atoms with E-state index in [9.17, 15) is 4.79 Å². The van der Waals surface area contributed by atoms with E-state index in [2.05, 4.69) is 0 Å². The van der Waals surface area contributed by atoms with Crippen LogP contribution in [-0.2, 0) is 17.9 Å². The normalized spacial score (nSPS) is 18.4. The van der Waals surface area contributed by atoms with E-state index in [1.165, 1.54) is 4.88 Å². The van der Waals surface area contributed by atoms with Gasteiger partial charge >= 0.3 is 0 Å². The number of rotatable bonds is 8. The molecule has 1 aliphatic carbocycles. The van der Waals surface area contributed by atoms with Crippen molar-refractivity contribution in [3.05, 3.63) is 46.2 Å². The van der Waals surface area contributed by atoms with Crippen molar-refractivity contribution in [3.8, 4) is 11.5 Å². The van der Waals surface area contributed by atoms with Crippen LogP contribution in [0.15, 0.2) is 35.7 Å². The van der Waals surface area contributed by atoms with Gasteiger partial charge in [-0.15, -0.1) is 23.7 Å². The van der Waals surface area contributed by atoms with E-state index in [-0.39, 0.29) is 30.3 Å². The average Bonchev–Trinajstić information content (AvgIpc) is 3.36. The van der Waals surface area contributed by atoms with Crippen LogP contribution >= 0.6 is 23.7 Å². The molecule has 1 aromatic carbocycles. The molecule has 0 aliphatic heterocycles. The molecule has 0 saturated heterocycles. The van der Waals surface area contributed by atoms with Crippen molar-refractivity contribution in [3.63, 3.8) is 0 Å². The molecule has 7 heteroatoms. The van der Waals surface area contributed by atoms with E-state index in [1.54, 1.807) is 18.4 Å². The minimum atomic E-state index is 0. The summed E-state index contributed by atoms with van der Waals surface area (Å²) in [5.74, 6) is 1.68. The molecule has 154 valence electrons. The highest BCUT2D eigenvalue weighted by molar-refractivity contribution is 7.09. The Labute approximate surface area is 177 Å². The maximum atomic E-state index is 12.8. The number of hydrogen-bond donors (Lipinski definition) is 1. The number of carbonyl (C=O) groups excluding carboxylic acids is 1. The number of carbonyl (C=O) groups is 1. The Kier molecular flexibility index (Phi) is 8.60. The van der Waals surface area contributed by atoms with Crippen LogP contribution in [0.4, 0.5) is 0 Å². The molecule has 3 rings (SSSR count). The molecule has 1 aliphatic rings. The van der Waals surface area contributed by atoms with Crippen molar-refractivity contribution < 1.29 is 14.3 Å². The Morgan fingerprint density at radius 3 is 2.71 bits per heavy atom. The zero-order valence-corrected chi connectivity index (χ0v) is 18.1. The number of ether oxygens (including phenoxy) is 2. The Morgan fingerprint density at radius 1 is 1.29 bits per heavy atom. The first-order valence-electron chi connectivity index (χ1n) is 9.47. The molecule has 2 N–H and O–H groups in total. The maximum absolute atomic E-state index is 12.8. The highest BCUT2D eigenvalue weighted by Crippen LogP contribution is 2.31. The number of thiophene rings is 1. The molecule has 2 unspecified atom stereocenters. The number of hydrogen-bond acceptors (Lipinski definition) is 5. The maximum Gasteiger partial charge on any atom is 0.226 e. The second kappa shape index (κ2) is 10.7. The van der Waals surface area contributed by atoms with Gasteiger partial charge in [0.15, 0.2) is 11.5 Å². The van der Waals surface area contributed by atoms with Crippen LogP contribution in [0.2, 0.25) is 0 Å². The van der Waals surface area contributed by atoms with E-state index in [4.69, 9.17) is 15.2 Å². The molecule has 0 bridgehead atoms. The first-order chi connectivity index (χ1) is 13.1. The highest BCUT2D eigenvalue weighted by atomic mass is 35.5. The first kappa shape index (κ1) is 22.5. The Hall–Kier alpha value is -1.76. The zero-order chi connectivity index (χ0) is 19.2. The third-order valence-corrected chi connectivity index (χ3v) is 5.92. The summed E-state index contributed by atoms with van der Waals surface area (Å²) < 4.78 is 11.4. The van der Waals surface area contributed by atoms with Crippen LogP contribution in [-0.4, -0.2) is 30.5 Å². The number of nitrogens with two attached hydrogens (primary N) is 1. The summed E-state index contributed by atoms with van der Waals surface area (Å²) in [4.78, 5) is 15.9. The molecular weight excluding hydrogens is 396 g/mol. The van der Waals surface area contributed by atoms with E-state index in [1.807, 2.05) is 47.5 Å². The van der Waals surface area contributed by atoms with Crippen LogP contribution in [0.3, 0.4) is 0 Å². The van der Waals surface area contributed by atoms with Gasteiger partial charge in [-0.2, -0.15) is 0 Å². The number of benzene rings is 1. The molecule has 2 aromatic rings. The van der Waals surface area contributed by atoms with E-state index in [0.717, 1.165) is 24.8 Å². The van der Waals surface area contributed by atoms with Gasteiger partial charge in [0, 0.05) is 29.9 Å². The van der Waals surface area contributed by atoms with Gasteiger partial charge in [-0.05, 0) is 55.3 Å². The summed E-state index contributed by atoms with van der Waals surface area (Å²) >= 11 is 1.67. The summed E-state index contributed by atoms with van der Waals surface area (Å²) in [6.07, 6.45) is 2.64. The Morgan fingerprint density at radius 2 is 2.11 bits per heavy atom. The lowest BCUT2D eigenvalue weighted by atomic mass is 10.1. The van der Waals surface area contributed by atoms with Crippen molar-refractivity contribution >= 4 is 29.7 Å². The SMILES string of the molecule is CCN(Cc1ccc(OCc2cccs2)c(OC)c1)C(=O)C1CCC(N)C1.Cl. The Balaban J connectivity index is 0.00000280. The molecular formula is C21H29ClN2O3S. The van der Waals surface area contributed by atoms with E-state index in [0.29, 0.717) is 31.2 Å². The third kappa shape index (κ3) is 5.63. The van der Waals surface area contributed by atoms with Crippen molar-refractivity contribution in [2.45, 2.75) is 45.4 Å². The minimum absolute atomic E-state index is 0. The first-order valence-corrected chi connectivity index (χ1v) is 10.3. The molecule has 1 amide bonds. The number of methoxy groups -OCH3 is 1. The predicted octanol–water partition coefficient (Wildman–Crippen LogP) is 4.23. The van der Waals surface area contributed by atoms with Gasteiger partial charge in [0.2, 0.25) is 5.91 Å². The van der Waals surface area contributed by atoms with Crippen molar-refractivity contribution in [2.24, 2.45) is 11.7 Å². The third-order valence-electron chi connectivity index (χ3n) is 5.07. The fraction of sp³-hybridized carbons (Fsp3) is 0.476. The second-order valence-electron chi connectivity index (χ2n) is 6.98. The van der Waals surface area contributed by atoms with Gasteiger partial charge in [0.05, 0.1) is 7.11 Å². The topological polar surface area (TPSA) is 64.8 Å². The standard InChI is InChI=1S/C21H28N2O3S.ClH/c1-3-23(21(24)16-7-8-17(22)12-16)13-15-6-9-19(20(11-15)25-2)26-14-18-5-4-10-27-18;/h4-6,9-11,16-17H,3,7-8,12-14,22H2,1-2H3;1H. The lowest BCUT2D eigenvalue weighted by molar-refractivity contribution is -0.135. The average molecular weight is 425 g/mol. The molecule has 0 radical (unpaired) electrons. The number of nitrogens with zero attached hydrogens (tertiary/aromatic N) is 1. The molecule has 1 fully saturated rings. The Bertz CT molecular complexity index is 754. The smallest absolute Gasteiger partial charge is 0.226 e. The lowest BCUT2D eigenvalue weighted by Crippen LogP contribution is -2.35. The summed E-state index contributed by atoms with van der Waals surface area (Å²) in [5, 5.41) is 2.03. The van der Waals surface area contributed by atoms with E-state index < -0.39 is 0 Å². The zero-order valence-electron chi connectivity index (χ0n) is 16.4. The fourth-order valence-electron chi connectivity index (χ4n) is 3.54. The molecule has 1 aromatic heterocycles. The van der Waals surface area contributed by atoms with Crippen LogP contribution in [0, 0.1) is 5.92 Å². The van der Waals surface area contributed by atoms with Crippen LogP contribution in [0.1, 0.15) is 36.6 Å². The van der Waals surface area contributed by atoms with E-state index >= 15 is 0 Å². The summed E-state index contributed by atoms with van der Waals surface area (Å²) in [7, 11) is 1.64.